The molecule has 5 nitrogen and oxygen atoms in total. The van der Waals surface area contributed by atoms with Gasteiger partial charge in [-0.1, -0.05) is 0 Å². The van der Waals surface area contributed by atoms with Crippen LogP contribution in [0.25, 0.3) is 0 Å². The van der Waals surface area contributed by atoms with Gasteiger partial charge >= 0.3 is 0 Å². The van der Waals surface area contributed by atoms with Crippen LogP contribution in [0.2, 0.25) is 0 Å². The maximum Gasteiger partial charge on any atom is 0.141 e. The van der Waals surface area contributed by atoms with Crippen LogP contribution < -0.4 is 5.73 Å². The lowest BCUT2D eigenvalue weighted by molar-refractivity contribution is 0.193. The zero-order valence-corrected chi connectivity index (χ0v) is 10.1. The number of hydrogen-bond donors (Lipinski definition) is 1. The summed E-state index contributed by atoms with van der Waals surface area (Å²) in [6.07, 6.45) is 3.98. The zero-order chi connectivity index (χ0) is 11.5. The van der Waals surface area contributed by atoms with Crippen LogP contribution in [0, 0.1) is 0 Å². The first-order valence-electron chi connectivity index (χ1n) is 6.03. The summed E-state index contributed by atoms with van der Waals surface area (Å²) in [7, 11) is 0. The van der Waals surface area contributed by atoms with Crippen molar-refractivity contribution >= 4 is 0 Å². The Hall–Kier alpha value is -0.940. The monoisotopic (exact) mass is 223 g/mol. The number of nitrogens with two attached hydrogens (primary N) is 1. The molecule has 0 amide bonds. The number of nitrogens with zero attached hydrogens (tertiary/aromatic N) is 4. The lowest BCUT2D eigenvalue weighted by Crippen LogP contribution is -2.42. The van der Waals surface area contributed by atoms with E-state index in [1.807, 2.05) is 4.68 Å². The zero-order valence-electron chi connectivity index (χ0n) is 10.1. The Bertz CT molecular complexity index is 333. The average molecular weight is 223 g/mol. The highest BCUT2D eigenvalue weighted by Crippen LogP contribution is 2.13. The van der Waals surface area contributed by atoms with Gasteiger partial charge in [0, 0.05) is 18.6 Å². The van der Waals surface area contributed by atoms with Gasteiger partial charge in [0.1, 0.15) is 12.2 Å². The molecule has 0 aromatic carbocycles. The highest BCUT2D eigenvalue weighted by atomic mass is 15.4. The van der Waals surface area contributed by atoms with Gasteiger partial charge in [-0.3, -0.25) is 4.90 Å². The van der Waals surface area contributed by atoms with Gasteiger partial charge in [-0.25, -0.2) is 9.67 Å². The Morgan fingerprint density at radius 3 is 3.06 bits per heavy atom. The van der Waals surface area contributed by atoms with Gasteiger partial charge in [-0.05, 0) is 33.2 Å². The van der Waals surface area contributed by atoms with Crippen LogP contribution in [0.15, 0.2) is 6.33 Å². The molecule has 2 N–H and O–H groups in total. The molecule has 1 atom stereocenters. The molecular formula is C11H21N5. The normalized spacial score (nSPS) is 22.9. The lowest BCUT2D eigenvalue weighted by Gasteiger charge is -2.30. The molecule has 1 fully saturated rings. The summed E-state index contributed by atoms with van der Waals surface area (Å²) in [5.74, 6) is 1.05. The highest BCUT2D eigenvalue weighted by molar-refractivity contribution is 4.88. The molecule has 1 aromatic rings. The van der Waals surface area contributed by atoms with Crippen LogP contribution in [0.4, 0.5) is 0 Å². The number of piperidine rings is 1. The van der Waals surface area contributed by atoms with Gasteiger partial charge in [0.05, 0.1) is 6.54 Å². The van der Waals surface area contributed by atoms with Gasteiger partial charge in [0.15, 0.2) is 0 Å². The molecule has 2 heterocycles. The topological polar surface area (TPSA) is 60.0 Å². The molecule has 1 aliphatic rings. The maximum absolute atomic E-state index is 5.97. The van der Waals surface area contributed by atoms with Crippen molar-refractivity contribution in [2.75, 3.05) is 13.1 Å². The third-order valence-electron chi connectivity index (χ3n) is 3.04. The second-order valence-electron chi connectivity index (χ2n) is 4.85. The largest absolute Gasteiger partial charge is 0.327 e. The van der Waals surface area contributed by atoms with Gasteiger partial charge in [0.2, 0.25) is 0 Å². The van der Waals surface area contributed by atoms with Crippen molar-refractivity contribution in [2.45, 2.75) is 45.3 Å². The van der Waals surface area contributed by atoms with E-state index in [2.05, 4.69) is 28.8 Å². The van der Waals surface area contributed by atoms with Crippen molar-refractivity contribution in [3.8, 4) is 0 Å². The molecule has 90 valence electrons. The first kappa shape index (κ1) is 11.5. The quantitative estimate of drug-likeness (QED) is 0.822. The fourth-order valence-corrected chi connectivity index (χ4v) is 2.25. The van der Waals surface area contributed by atoms with E-state index in [0.717, 1.165) is 31.9 Å². The lowest BCUT2D eigenvalue weighted by atomic mass is 10.1. The van der Waals surface area contributed by atoms with Gasteiger partial charge < -0.3 is 5.73 Å². The van der Waals surface area contributed by atoms with E-state index in [-0.39, 0.29) is 0 Å². The Morgan fingerprint density at radius 1 is 1.56 bits per heavy atom. The number of aromatic nitrogens is 3. The second kappa shape index (κ2) is 4.93. The number of hydrogen-bond acceptors (Lipinski definition) is 4. The Labute approximate surface area is 96.6 Å². The van der Waals surface area contributed by atoms with Gasteiger partial charge in [0.25, 0.3) is 0 Å². The van der Waals surface area contributed by atoms with Crippen LogP contribution in [-0.2, 0) is 6.54 Å². The van der Waals surface area contributed by atoms with Crippen LogP contribution in [0.1, 0.15) is 38.6 Å². The molecule has 0 bridgehead atoms. The minimum Gasteiger partial charge on any atom is -0.327 e. The van der Waals surface area contributed by atoms with Crippen molar-refractivity contribution < 1.29 is 0 Å². The Balaban J connectivity index is 2.00. The van der Waals surface area contributed by atoms with Crippen LogP contribution in [-0.4, -0.2) is 38.8 Å². The van der Waals surface area contributed by atoms with Crippen molar-refractivity contribution in [2.24, 2.45) is 5.73 Å². The SMILES string of the molecule is CC(C)n1ncnc1CN1CCCC(N)C1. The first-order chi connectivity index (χ1) is 7.66. The van der Waals surface area contributed by atoms with E-state index < -0.39 is 0 Å². The summed E-state index contributed by atoms with van der Waals surface area (Å²) in [4.78, 5) is 6.70. The van der Waals surface area contributed by atoms with Crippen molar-refractivity contribution in [1.82, 2.24) is 19.7 Å². The van der Waals surface area contributed by atoms with Crippen molar-refractivity contribution in [3.63, 3.8) is 0 Å². The smallest absolute Gasteiger partial charge is 0.141 e. The Morgan fingerprint density at radius 2 is 2.38 bits per heavy atom. The molecule has 0 aliphatic carbocycles. The summed E-state index contributed by atoms with van der Waals surface area (Å²) < 4.78 is 1.99. The standard InChI is InChI=1S/C11H21N5/c1-9(2)16-11(13-8-14-16)7-15-5-3-4-10(12)6-15/h8-10H,3-7,12H2,1-2H3. The van der Waals surface area contributed by atoms with E-state index in [1.54, 1.807) is 6.33 Å². The summed E-state index contributed by atoms with van der Waals surface area (Å²) in [5.41, 5.74) is 5.97. The predicted molar refractivity (Wildman–Crippen MR) is 62.9 cm³/mol. The third-order valence-corrected chi connectivity index (χ3v) is 3.04. The summed E-state index contributed by atoms with van der Waals surface area (Å²) in [6.45, 7) is 7.22. The van der Waals surface area contributed by atoms with E-state index in [0.29, 0.717) is 12.1 Å². The van der Waals surface area contributed by atoms with Crippen LogP contribution in [0.5, 0.6) is 0 Å². The van der Waals surface area contributed by atoms with E-state index >= 15 is 0 Å². The minimum atomic E-state index is 0.323. The average Bonchev–Trinajstić information content (AvgIpc) is 2.66. The van der Waals surface area contributed by atoms with Crippen molar-refractivity contribution in [1.29, 1.82) is 0 Å². The molecule has 1 saturated heterocycles. The Kier molecular flexibility index (Phi) is 3.56. The molecule has 1 aliphatic heterocycles. The summed E-state index contributed by atoms with van der Waals surface area (Å²) >= 11 is 0. The molecule has 16 heavy (non-hydrogen) atoms. The molecule has 0 spiro atoms. The maximum atomic E-state index is 5.97. The van der Waals surface area contributed by atoms with E-state index in [1.165, 1.54) is 6.42 Å². The second-order valence-corrected chi connectivity index (χ2v) is 4.85. The minimum absolute atomic E-state index is 0.323. The molecule has 0 saturated carbocycles. The third kappa shape index (κ3) is 2.59. The van der Waals surface area contributed by atoms with E-state index in [9.17, 15) is 0 Å². The predicted octanol–water partition coefficient (Wildman–Crippen LogP) is 0.782. The van der Waals surface area contributed by atoms with E-state index in [4.69, 9.17) is 5.73 Å². The molecular weight excluding hydrogens is 202 g/mol. The summed E-state index contributed by atoms with van der Waals surface area (Å²) in [6, 6.07) is 0.695. The molecule has 1 aromatic heterocycles. The van der Waals surface area contributed by atoms with Crippen LogP contribution in [0.3, 0.4) is 0 Å². The van der Waals surface area contributed by atoms with Crippen LogP contribution >= 0.6 is 0 Å². The number of rotatable bonds is 3. The van der Waals surface area contributed by atoms with Gasteiger partial charge in [-0.2, -0.15) is 5.10 Å². The molecule has 2 rings (SSSR count). The molecule has 5 heteroatoms. The summed E-state index contributed by atoms with van der Waals surface area (Å²) in [5, 5.41) is 4.25. The first-order valence-corrected chi connectivity index (χ1v) is 6.03. The molecule has 1 unspecified atom stereocenters. The van der Waals surface area contributed by atoms with Crippen molar-refractivity contribution in [3.05, 3.63) is 12.2 Å². The molecule has 0 radical (unpaired) electrons. The van der Waals surface area contributed by atoms with Gasteiger partial charge in [-0.15, -0.1) is 0 Å². The highest BCUT2D eigenvalue weighted by Gasteiger charge is 2.19. The number of likely N-dealkylation sites (tertiary alicyclic amines) is 1. The fourth-order valence-electron chi connectivity index (χ4n) is 2.25. The fraction of sp³-hybridized carbons (Fsp3) is 0.818.